The number of halogens is 1. The van der Waals surface area contributed by atoms with E-state index in [0.717, 1.165) is 11.0 Å². The highest BCUT2D eigenvalue weighted by molar-refractivity contribution is 5.92. The van der Waals surface area contributed by atoms with Gasteiger partial charge in [0.15, 0.2) is 0 Å². The van der Waals surface area contributed by atoms with Gasteiger partial charge in [-0.1, -0.05) is 12.1 Å². The number of nitrogens with zero attached hydrogens (tertiary/aromatic N) is 2. The van der Waals surface area contributed by atoms with Crippen molar-refractivity contribution < 1.29 is 9.18 Å². The number of carbonyl (C=O) groups is 1. The molecule has 5 heteroatoms. The number of rotatable bonds is 3. The fourth-order valence-electron chi connectivity index (χ4n) is 2.17. The van der Waals surface area contributed by atoms with Crippen LogP contribution in [0.1, 0.15) is 15.9 Å². The molecular weight excluding hydrogens is 257 g/mol. The van der Waals surface area contributed by atoms with Gasteiger partial charge in [0.25, 0.3) is 0 Å². The lowest BCUT2D eigenvalue weighted by atomic mass is 10.1. The smallest absolute Gasteiger partial charge is 0.248 e. The van der Waals surface area contributed by atoms with Crippen molar-refractivity contribution >= 4 is 16.9 Å². The van der Waals surface area contributed by atoms with Crippen molar-refractivity contribution in [2.75, 3.05) is 0 Å². The molecule has 0 aliphatic rings. The molecule has 0 aliphatic heterocycles. The number of imidazole rings is 1. The van der Waals surface area contributed by atoms with E-state index in [-0.39, 0.29) is 5.82 Å². The standard InChI is InChI=1S/C15H12FN3O/c16-12-6-5-10(15(17)20)7-11(12)8-19-9-18-13-3-1-2-4-14(13)19/h1-7,9H,8H2,(H2,17,20). The Morgan fingerprint density at radius 3 is 2.85 bits per heavy atom. The number of hydrogen-bond acceptors (Lipinski definition) is 2. The molecule has 0 aliphatic carbocycles. The van der Waals surface area contributed by atoms with Crippen LogP contribution in [0, 0.1) is 5.82 Å². The Morgan fingerprint density at radius 1 is 1.25 bits per heavy atom. The third-order valence-electron chi connectivity index (χ3n) is 3.20. The molecule has 2 aromatic carbocycles. The van der Waals surface area contributed by atoms with Gasteiger partial charge in [0.1, 0.15) is 5.82 Å². The number of primary amides is 1. The molecule has 1 aromatic heterocycles. The monoisotopic (exact) mass is 269 g/mol. The van der Waals surface area contributed by atoms with Crippen LogP contribution in [0.25, 0.3) is 11.0 Å². The van der Waals surface area contributed by atoms with Gasteiger partial charge in [-0.25, -0.2) is 9.37 Å². The number of hydrogen-bond donors (Lipinski definition) is 1. The van der Waals surface area contributed by atoms with E-state index in [1.807, 2.05) is 28.8 Å². The van der Waals surface area contributed by atoms with E-state index in [0.29, 0.717) is 17.7 Å². The Hall–Kier alpha value is -2.69. The zero-order valence-corrected chi connectivity index (χ0v) is 10.6. The Labute approximate surface area is 114 Å². The van der Waals surface area contributed by atoms with Crippen LogP contribution in [0.5, 0.6) is 0 Å². The van der Waals surface area contributed by atoms with E-state index in [1.165, 1.54) is 18.2 Å². The summed E-state index contributed by atoms with van der Waals surface area (Å²) in [6.07, 6.45) is 1.65. The number of aromatic nitrogens is 2. The number of para-hydroxylation sites is 2. The molecule has 0 unspecified atom stereocenters. The normalized spacial score (nSPS) is 10.8. The maximum Gasteiger partial charge on any atom is 0.248 e. The minimum absolute atomic E-state index is 0.297. The third-order valence-corrected chi connectivity index (χ3v) is 3.20. The molecule has 0 atom stereocenters. The lowest BCUT2D eigenvalue weighted by Crippen LogP contribution is -2.12. The second-order valence-corrected chi connectivity index (χ2v) is 4.53. The Balaban J connectivity index is 2.02. The number of benzene rings is 2. The lowest BCUT2D eigenvalue weighted by molar-refractivity contribution is 0.1000. The van der Waals surface area contributed by atoms with E-state index in [4.69, 9.17) is 5.73 Å². The summed E-state index contributed by atoms with van der Waals surface area (Å²) in [5.41, 5.74) is 7.68. The largest absolute Gasteiger partial charge is 0.366 e. The minimum atomic E-state index is -0.568. The summed E-state index contributed by atoms with van der Waals surface area (Å²) in [6, 6.07) is 11.7. The number of fused-ring (bicyclic) bond motifs is 1. The van der Waals surface area contributed by atoms with Crippen molar-refractivity contribution in [2.45, 2.75) is 6.54 Å². The zero-order chi connectivity index (χ0) is 14.1. The summed E-state index contributed by atoms with van der Waals surface area (Å²) in [6.45, 7) is 0.299. The van der Waals surface area contributed by atoms with Crippen molar-refractivity contribution in [3.63, 3.8) is 0 Å². The molecule has 0 fully saturated rings. The highest BCUT2D eigenvalue weighted by atomic mass is 19.1. The predicted molar refractivity (Wildman–Crippen MR) is 73.8 cm³/mol. The van der Waals surface area contributed by atoms with Crippen molar-refractivity contribution in [2.24, 2.45) is 5.73 Å². The lowest BCUT2D eigenvalue weighted by Gasteiger charge is -2.07. The maximum absolute atomic E-state index is 13.8. The van der Waals surface area contributed by atoms with Gasteiger partial charge in [-0.05, 0) is 30.3 Å². The van der Waals surface area contributed by atoms with Gasteiger partial charge in [0.05, 0.1) is 23.9 Å². The predicted octanol–water partition coefficient (Wildman–Crippen LogP) is 2.32. The number of carbonyl (C=O) groups excluding carboxylic acids is 1. The van der Waals surface area contributed by atoms with Crippen LogP contribution in [0.15, 0.2) is 48.8 Å². The molecule has 4 nitrogen and oxygen atoms in total. The van der Waals surface area contributed by atoms with Crippen LogP contribution < -0.4 is 5.73 Å². The molecular formula is C15H12FN3O. The molecule has 0 spiro atoms. The Kier molecular flexibility index (Phi) is 2.95. The minimum Gasteiger partial charge on any atom is -0.366 e. The van der Waals surface area contributed by atoms with Gasteiger partial charge in [-0.3, -0.25) is 4.79 Å². The number of nitrogens with two attached hydrogens (primary N) is 1. The van der Waals surface area contributed by atoms with E-state index >= 15 is 0 Å². The van der Waals surface area contributed by atoms with Crippen LogP contribution >= 0.6 is 0 Å². The van der Waals surface area contributed by atoms with Gasteiger partial charge in [-0.15, -0.1) is 0 Å². The molecule has 1 amide bonds. The van der Waals surface area contributed by atoms with Crippen molar-refractivity contribution in [3.8, 4) is 0 Å². The number of amides is 1. The van der Waals surface area contributed by atoms with Crippen LogP contribution in [-0.4, -0.2) is 15.5 Å². The second kappa shape index (κ2) is 4.77. The third kappa shape index (κ3) is 2.14. The van der Waals surface area contributed by atoms with Gasteiger partial charge >= 0.3 is 0 Å². The fraction of sp³-hybridized carbons (Fsp3) is 0.0667. The Morgan fingerprint density at radius 2 is 2.05 bits per heavy atom. The van der Waals surface area contributed by atoms with Crippen LogP contribution in [0.2, 0.25) is 0 Å². The molecule has 100 valence electrons. The highest BCUT2D eigenvalue weighted by Crippen LogP contribution is 2.17. The van der Waals surface area contributed by atoms with Crippen molar-refractivity contribution in [1.29, 1.82) is 0 Å². The topological polar surface area (TPSA) is 60.9 Å². The second-order valence-electron chi connectivity index (χ2n) is 4.53. The van der Waals surface area contributed by atoms with Gasteiger partial charge in [-0.2, -0.15) is 0 Å². The summed E-state index contributed by atoms with van der Waals surface area (Å²) in [7, 11) is 0. The van der Waals surface area contributed by atoms with Crippen LogP contribution in [0.4, 0.5) is 4.39 Å². The summed E-state index contributed by atoms with van der Waals surface area (Å²) >= 11 is 0. The fourth-order valence-corrected chi connectivity index (χ4v) is 2.17. The van der Waals surface area contributed by atoms with Crippen LogP contribution in [-0.2, 0) is 6.54 Å². The summed E-state index contributed by atoms with van der Waals surface area (Å²) in [5.74, 6) is -0.936. The van der Waals surface area contributed by atoms with E-state index in [9.17, 15) is 9.18 Å². The average molecular weight is 269 g/mol. The molecule has 1 heterocycles. The zero-order valence-electron chi connectivity index (χ0n) is 10.6. The molecule has 3 rings (SSSR count). The summed E-state index contributed by atoms with van der Waals surface area (Å²) < 4.78 is 15.7. The first-order chi connectivity index (χ1) is 9.65. The van der Waals surface area contributed by atoms with Crippen molar-refractivity contribution in [1.82, 2.24) is 9.55 Å². The van der Waals surface area contributed by atoms with E-state index < -0.39 is 5.91 Å². The molecule has 0 saturated heterocycles. The molecule has 0 saturated carbocycles. The van der Waals surface area contributed by atoms with Gasteiger partial charge in [0.2, 0.25) is 5.91 Å². The van der Waals surface area contributed by atoms with E-state index in [1.54, 1.807) is 6.33 Å². The van der Waals surface area contributed by atoms with Crippen LogP contribution in [0.3, 0.4) is 0 Å². The molecule has 0 bridgehead atoms. The van der Waals surface area contributed by atoms with Gasteiger partial charge < -0.3 is 10.3 Å². The first kappa shape index (κ1) is 12.3. The summed E-state index contributed by atoms with van der Waals surface area (Å²) in [5, 5.41) is 0. The first-order valence-corrected chi connectivity index (χ1v) is 6.13. The van der Waals surface area contributed by atoms with E-state index in [2.05, 4.69) is 4.98 Å². The molecule has 0 radical (unpaired) electrons. The molecule has 20 heavy (non-hydrogen) atoms. The molecule has 2 N–H and O–H groups in total. The molecule has 3 aromatic rings. The summed E-state index contributed by atoms with van der Waals surface area (Å²) in [4.78, 5) is 15.4. The average Bonchev–Trinajstić information content (AvgIpc) is 2.84. The van der Waals surface area contributed by atoms with Gasteiger partial charge in [0, 0.05) is 11.1 Å². The highest BCUT2D eigenvalue weighted by Gasteiger charge is 2.09. The first-order valence-electron chi connectivity index (χ1n) is 6.13. The maximum atomic E-state index is 13.8. The van der Waals surface area contributed by atoms with Crippen molar-refractivity contribution in [3.05, 3.63) is 65.7 Å². The Bertz CT molecular complexity index is 795. The quantitative estimate of drug-likeness (QED) is 0.793. The SMILES string of the molecule is NC(=O)c1ccc(F)c(Cn2cnc3ccccc32)c1.